The van der Waals surface area contributed by atoms with Crippen LogP contribution in [0.4, 0.5) is 4.39 Å². The molecule has 0 saturated carbocycles. The Morgan fingerprint density at radius 1 is 1.37 bits per heavy atom. The summed E-state index contributed by atoms with van der Waals surface area (Å²) in [5.41, 5.74) is 6.08. The van der Waals surface area contributed by atoms with Gasteiger partial charge in [-0.1, -0.05) is 11.2 Å². The summed E-state index contributed by atoms with van der Waals surface area (Å²) >= 11 is 0. The summed E-state index contributed by atoms with van der Waals surface area (Å²) in [4.78, 5) is 7.80. The van der Waals surface area contributed by atoms with Crippen molar-refractivity contribution < 1.29 is 14.3 Å². The van der Waals surface area contributed by atoms with E-state index >= 15 is 0 Å². The van der Waals surface area contributed by atoms with Gasteiger partial charge in [0.05, 0.1) is 12.4 Å². The zero-order valence-corrected chi connectivity index (χ0v) is 10.0. The zero-order chi connectivity index (χ0) is 13.8. The van der Waals surface area contributed by atoms with E-state index < -0.39 is 0 Å². The van der Waals surface area contributed by atoms with E-state index in [1.165, 1.54) is 18.5 Å². The number of oxime groups is 1. The van der Waals surface area contributed by atoms with Gasteiger partial charge in [0.2, 0.25) is 5.88 Å². The van der Waals surface area contributed by atoms with Gasteiger partial charge in [-0.25, -0.2) is 14.4 Å². The van der Waals surface area contributed by atoms with Crippen molar-refractivity contribution in [2.75, 3.05) is 0 Å². The first kappa shape index (κ1) is 12.7. The van der Waals surface area contributed by atoms with Gasteiger partial charge in [0.1, 0.15) is 17.3 Å². The Bertz CT molecular complexity index is 614. The molecule has 7 heteroatoms. The second-order valence-corrected chi connectivity index (χ2v) is 3.74. The molecule has 2 rings (SSSR count). The highest BCUT2D eigenvalue weighted by molar-refractivity contribution is 5.94. The van der Waals surface area contributed by atoms with Crippen LogP contribution in [0, 0.1) is 12.7 Å². The fraction of sp³-hybridized carbons (Fsp3) is 0.0833. The summed E-state index contributed by atoms with van der Waals surface area (Å²) in [7, 11) is 0. The fourth-order valence-electron chi connectivity index (χ4n) is 1.31. The Morgan fingerprint density at radius 3 is 2.74 bits per heavy atom. The zero-order valence-electron chi connectivity index (χ0n) is 10.0. The number of nitrogens with zero attached hydrogens (tertiary/aromatic N) is 3. The standard InChI is InChI=1S/C12H11FN4O2/c1-7-2-3-8(4-9(7)13)19-11-6-15-10(5-16-11)12(14)17-18/h2-6,18H,1H3,(H2,14,17). The van der Waals surface area contributed by atoms with Crippen molar-refractivity contribution in [3.8, 4) is 11.6 Å². The topological polar surface area (TPSA) is 93.6 Å². The van der Waals surface area contributed by atoms with Gasteiger partial charge < -0.3 is 15.7 Å². The first-order valence-corrected chi connectivity index (χ1v) is 5.34. The number of rotatable bonds is 3. The summed E-state index contributed by atoms with van der Waals surface area (Å²) in [6.45, 7) is 1.66. The lowest BCUT2D eigenvalue weighted by atomic mass is 10.2. The molecule has 0 aliphatic carbocycles. The van der Waals surface area contributed by atoms with Crippen LogP contribution in [0.15, 0.2) is 35.7 Å². The molecule has 0 unspecified atom stereocenters. The van der Waals surface area contributed by atoms with Crippen LogP contribution in [0.5, 0.6) is 11.6 Å². The van der Waals surface area contributed by atoms with E-state index in [9.17, 15) is 4.39 Å². The Morgan fingerprint density at radius 2 is 2.16 bits per heavy atom. The summed E-state index contributed by atoms with van der Waals surface area (Å²) in [5.74, 6) is -0.0224. The van der Waals surface area contributed by atoms with Crippen molar-refractivity contribution in [1.82, 2.24) is 9.97 Å². The van der Waals surface area contributed by atoms with E-state index in [4.69, 9.17) is 15.7 Å². The normalized spacial score (nSPS) is 11.4. The third kappa shape index (κ3) is 2.95. The quantitative estimate of drug-likeness (QED) is 0.381. The van der Waals surface area contributed by atoms with E-state index in [1.807, 2.05) is 0 Å². The van der Waals surface area contributed by atoms with Crippen LogP contribution in [-0.2, 0) is 0 Å². The SMILES string of the molecule is Cc1ccc(Oc2cnc(/C(N)=N/O)cn2)cc1F. The molecule has 1 heterocycles. The molecular formula is C12H11FN4O2. The van der Waals surface area contributed by atoms with Crippen LogP contribution in [0.1, 0.15) is 11.3 Å². The molecule has 0 amide bonds. The lowest BCUT2D eigenvalue weighted by Gasteiger charge is -2.05. The number of aromatic nitrogens is 2. The van der Waals surface area contributed by atoms with Gasteiger partial charge in [-0.05, 0) is 18.6 Å². The number of hydrogen-bond acceptors (Lipinski definition) is 5. The summed E-state index contributed by atoms with van der Waals surface area (Å²) in [6, 6.07) is 4.48. The van der Waals surface area contributed by atoms with Crippen molar-refractivity contribution in [3.63, 3.8) is 0 Å². The highest BCUT2D eigenvalue weighted by Gasteiger charge is 2.05. The minimum Gasteiger partial charge on any atom is -0.437 e. The van der Waals surface area contributed by atoms with E-state index in [0.29, 0.717) is 11.3 Å². The average Bonchev–Trinajstić information content (AvgIpc) is 2.43. The highest BCUT2D eigenvalue weighted by Crippen LogP contribution is 2.21. The van der Waals surface area contributed by atoms with Crippen LogP contribution in [0.25, 0.3) is 0 Å². The van der Waals surface area contributed by atoms with E-state index in [2.05, 4.69) is 15.1 Å². The summed E-state index contributed by atoms with van der Waals surface area (Å²) in [5, 5.41) is 11.3. The number of aryl methyl sites for hydroxylation is 1. The molecule has 0 fully saturated rings. The predicted molar refractivity (Wildman–Crippen MR) is 65.8 cm³/mol. The average molecular weight is 262 g/mol. The lowest BCUT2D eigenvalue weighted by molar-refractivity contribution is 0.318. The molecule has 0 saturated heterocycles. The van der Waals surface area contributed by atoms with Crippen molar-refractivity contribution in [1.29, 1.82) is 0 Å². The van der Waals surface area contributed by atoms with Gasteiger partial charge in [-0.3, -0.25) is 0 Å². The van der Waals surface area contributed by atoms with Crippen LogP contribution in [0.2, 0.25) is 0 Å². The second-order valence-electron chi connectivity index (χ2n) is 3.74. The highest BCUT2D eigenvalue weighted by atomic mass is 19.1. The van der Waals surface area contributed by atoms with E-state index in [-0.39, 0.29) is 23.2 Å². The van der Waals surface area contributed by atoms with Gasteiger partial charge >= 0.3 is 0 Å². The van der Waals surface area contributed by atoms with Crippen molar-refractivity contribution in [2.45, 2.75) is 6.92 Å². The predicted octanol–water partition coefficient (Wildman–Crippen LogP) is 1.81. The first-order chi connectivity index (χ1) is 9.10. The smallest absolute Gasteiger partial charge is 0.237 e. The van der Waals surface area contributed by atoms with Gasteiger partial charge in [0, 0.05) is 6.07 Å². The fourth-order valence-corrected chi connectivity index (χ4v) is 1.31. The molecule has 2 aromatic rings. The number of amidine groups is 1. The molecule has 6 nitrogen and oxygen atoms in total. The Labute approximate surface area is 108 Å². The molecule has 0 spiro atoms. The molecular weight excluding hydrogens is 251 g/mol. The lowest BCUT2D eigenvalue weighted by Crippen LogP contribution is -2.15. The monoisotopic (exact) mass is 262 g/mol. The number of halogens is 1. The Kier molecular flexibility index (Phi) is 3.56. The molecule has 3 N–H and O–H groups in total. The third-order valence-corrected chi connectivity index (χ3v) is 2.36. The minimum atomic E-state index is -0.362. The van der Waals surface area contributed by atoms with Crippen LogP contribution < -0.4 is 10.5 Å². The van der Waals surface area contributed by atoms with Gasteiger partial charge in [0.25, 0.3) is 0 Å². The minimum absolute atomic E-state index is 0.152. The molecule has 0 aliphatic rings. The maximum absolute atomic E-state index is 13.3. The Hall–Kier alpha value is -2.70. The van der Waals surface area contributed by atoms with Crippen LogP contribution in [-0.4, -0.2) is 21.0 Å². The number of hydrogen-bond donors (Lipinski definition) is 2. The molecule has 0 bridgehead atoms. The van der Waals surface area contributed by atoms with Crippen molar-refractivity contribution in [2.24, 2.45) is 10.9 Å². The second kappa shape index (κ2) is 5.30. The molecule has 0 radical (unpaired) electrons. The van der Waals surface area contributed by atoms with Crippen LogP contribution in [0.3, 0.4) is 0 Å². The summed E-state index contributed by atoms with van der Waals surface area (Å²) < 4.78 is 18.6. The maximum atomic E-state index is 13.3. The van der Waals surface area contributed by atoms with Gasteiger partial charge in [0.15, 0.2) is 5.84 Å². The molecule has 98 valence electrons. The van der Waals surface area contributed by atoms with Crippen molar-refractivity contribution in [3.05, 3.63) is 47.7 Å². The first-order valence-electron chi connectivity index (χ1n) is 5.34. The van der Waals surface area contributed by atoms with E-state index in [0.717, 1.165) is 0 Å². The van der Waals surface area contributed by atoms with Gasteiger partial charge in [-0.15, -0.1) is 0 Å². The van der Waals surface area contributed by atoms with Crippen molar-refractivity contribution >= 4 is 5.84 Å². The number of ether oxygens (including phenoxy) is 1. The number of nitrogens with two attached hydrogens (primary N) is 1. The van der Waals surface area contributed by atoms with Gasteiger partial charge in [-0.2, -0.15) is 0 Å². The molecule has 0 atom stereocenters. The molecule has 19 heavy (non-hydrogen) atoms. The van der Waals surface area contributed by atoms with E-state index in [1.54, 1.807) is 19.1 Å². The molecule has 1 aromatic heterocycles. The molecule has 1 aromatic carbocycles. The summed E-state index contributed by atoms with van der Waals surface area (Å²) in [6.07, 6.45) is 2.58. The number of benzene rings is 1. The largest absolute Gasteiger partial charge is 0.437 e. The maximum Gasteiger partial charge on any atom is 0.237 e. The molecule has 0 aliphatic heterocycles. The van der Waals surface area contributed by atoms with Crippen LogP contribution >= 0.6 is 0 Å². The third-order valence-electron chi connectivity index (χ3n) is 2.36. The Balaban J connectivity index is 2.17.